The average molecular weight is 234 g/mol. The van der Waals surface area contributed by atoms with Crippen LogP contribution in [0.2, 0.25) is 0 Å². The highest BCUT2D eigenvalue weighted by Crippen LogP contribution is 2.26. The molecule has 1 aliphatic carbocycles. The number of nitrogens with zero attached hydrogens (tertiary/aromatic N) is 1. The maximum atomic E-state index is 9.41. The molecule has 1 aromatic rings. The predicted molar refractivity (Wildman–Crippen MR) is 70.9 cm³/mol. The first-order chi connectivity index (χ1) is 8.20. The van der Waals surface area contributed by atoms with Crippen molar-refractivity contribution in [2.45, 2.75) is 45.2 Å². The number of rotatable bonds is 4. The van der Waals surface area contributed by atoms with E-state index in [2.05, 4.69) is 11.8 Å². The molecule has 0 heterocycles. The van der Waals surface area contributed by atoms with Crippen LogP contribution in [-0.2, 0) is 6.54 Å². The maximum absolute atomic E-state index is 9.41. The van der Waals surface area contributed by atoms with Crippen LogP contribution in [0.25, 0.3) is 0 Å². The molecule has 0 bridgehead atoms. The van der Waals surface area contributed by atoms with Crippen LogP contribution >= 0.6 is 0 Å². The van der Waals surface area contributed by atoms with Gasteiger partial charge in [0.2, 0.25) is 0 Å². The molecule has 0 saturated heterocycles. The van der Waals surface area contributed by atoms with Crippen molar-refractivity contribution in [3.63, 3.8) is 0 Å². The van der Waals surface area contributed by atoms with E-state index in [1.807, 2.05) is 12.1 Å². The summed E-state index contributed by atoms with van der Waals surface area (Å²) in [4.78, 5) is 2.51. The third-order valence-corrected chi connectivity index (χ3v) is 3.72. The minimum atomic E-state index is 0.178. The van der Waals surface area contributed by atoms with Gasteiger partial charge in [-0.05, 0) is 37.1 Å². The molecule has 0 aliphatic heterocycles. The van der Waals surface area contributed by atoms with Crippen molar-refractivity contribution < 1.29 is 5.11 Å². The summed E-state index contributed by atoms with van der Waals surface area (Å²) >= 11 is 0. The highest BCUT2D eigenvalue weighted by Gasteiger charge is 2.21. The lowest BCUT2D eigenvalue weighted by Crippen LogP contribution is -2.32. The lowest BCUT2D eigenvalue weighted by Gasteiger charge is -2.27. The summed E-state index contributed by atoms with van der Waals surface area (Å²) in [5, 5.41) is 9.41. The number of phenols is 1. The van der Waals surface area contributed by atoms with Crippen LogP contribution < -0.4 is 5.73 Å². The Balaban J connectivity index is 2.04. The van der Waals surface area contributed by atoms with E-state index in [1.54, 1.807) is 6.07 Å². The molecule has 3 heteroatoms. The summed E-state index contributed by atoms with van der Waals surface area (Å²) in [6.45, 7) is 4.22. The van der Waals surface area contributed by atoms with Crippen LogP contribution in [0.3, 0.4) is 0 Å². The molecule has 0 aromatic heterocycles. The van der Waals surface area contributed by atoms with Crippen LogP contribution in [0.15, 0.2) is 18.2 Å². The first kappa shape index (κ1) is 12.2. The van der Waals surface area contributed by atoms with Gasteiger partial charge in [-0.2, -0.15) is 0 Å². The molecule has 0 unspecified atom stereocenters. The zero-order chi connectivity index (χ0) is 12.3. The summed E-state index contributed by atoms with van der Waals surface area (Å²) in [7, 11) is 0. The molecule has 3 nitrogen and oxygen atoms in total. The molecule has 0 spiro atoms. The van der Waals surface area contributed by atoms with E-state index in [9.17, 15) is 5.11 Å². The van der Waals surface area contributed by atoms with Gasteiger partial charge in [0.25, 0.3) is 0 Å². The highest BCUT2D eigenvalue weighted by atomic mass is 16.3. The Hall–Kier alpha value is -1.22. The Kier molecular flexibility index (Phi) is 3.89. The highest BCUT2D eigenvalue weighted by molar-refractivity contribution is 5.53. The molecule has 0 radical (unpaired) electrons. The van der Waals surface area contributed by atoms with Gasteiger partial charge in [0.1, 0.15) is 5.75 Å². The zero-order valence-electron chi connectivity index (χ0n) is 10.5. The van der Waals surface area contributed by atoms with E-state index < -0.39 is 0 Å². The molecular formula is C14H22N2O. The van der Waals surface area contributed by atoms with E-state index >= 15 is 0 Å². The second-order valence-electron chi connectivity index (χ2n) is 4.89. The van der Waals surface area contributed by atoms with Gasteiger partial charge in [0.15, 0.2) is 0 Å². The van der Waals surface area contributed by atoms with Gasteiger partial charge in [-0.1, -0.05) is 25.8 Å². The second-order valence-corrected chi connectivity index (χ2v) is 4.89. The Bertz CT molecular complexity index is 372. The summed E-state index contributed by atoms with van der Waals surface area (Å²) in [6.07, 6.45) is 5.36. The number of nitrogens with two attached hydrogens (primary N) is 1. The van der Waals surface area contributed by atoms with Crippen molar-refractivity contribution in [1.82, 2.24) is 4.90 Å². The van der Waals surface area contributed by atoms with Gasteiger partial charge in [0.05, 0.1) is 5.69 Å². The van der Waals surface area contributed by atoms with Gasteiger partial charge >= 0.3 is 0 Å². The van der Waals surface area contributed by atoms with Gasteiger partial charge < -0.3 is 10.8 Å². The smallest absolute Gasteiger partial charge is 0.138 e. The molecule has 17 heavy (non-hydrogen) atoms. The lowest BCUT2D eigenvalue weighted by molar-refractivity contribution is 0.200. The molecule has 1 aromatic carbocycles. The third kappa shape index (κ3) is 2.91. The van der Waals surface area contributed by atoms with Crippen molar-refractivity contribution in [1.29, 1.82) is 0 Å². The standard InChI is InChI=1S/C14H22N2O/c1-2-16(12-5-3-4-6-12)10-11-7-8-14(17)13(15)9-11/h7-9,12,17H,2-6,10,15H2,1H3. The normalized spacial score (nSPS) is 16.8. The Morgan fingerprint density at radius 1 is 1.35 bits per heavy atom. The molecule has 1 aliphatic rings. The lowest BCUT2D eigenvalue weighted by atomic mass is 10.1. The quantitative estimate of drug-likeness (QED) is 0.622. The Morgan fingerprint density at radius 3 is 2.65 bits per heavy atom. The Labute approximate surface area is 103 Å². The van der Waals surface area contributed by atoms with Crippen LogP contribution in [0, 0.1) is 0 Å². The van der Waals surface area contributed by atoms with Crippen LogP contribution in [0.5, 0.6) is 5.75 Å². The zero-order valence-corrected chi connectivity index (χ0v) is 10.5. The summed E-state index contributed by atoms with van der Waals surface area (Å²) in [6, 6.07) is 6.26. The number of hydrogen-bond donors (Lipinski definition) is 2. The monoisotopic (exact) mass is 234 g/mol. The average Bonchev–Trinajstić information content (AvgIpc) is 2.84. The van der Waals surface area contributed by atoms with E-state index in [4.69, 9.17) is 5.73 Å². The molecule has 1 fully saturated rings. The number of benzene rings is 1. The fourth-order valence-corrected chi connectivity index (χ4v) is 2.71. The molecule has 2 rings (SSSR count). The second kappa shape index (κ2) is 5.41. The number of phenolic OH excluding ortho intramolecular Hbond substituents is 1. The summed E-state index contributed by atoms with van der Waals surface area (Å²) in [5.41, 5.74) is 7.39. The summed E-state index contributed by atoms with van der Waals surface area (Å²) < 4.78 is 0. The van der Waals surface area contributed by atoms with Crippen molar-refractivity contribution in [3.05, 3.63) is 23.8 Å². The Morgan fingerprint density at radius 2 is 2.06 bits per heavy atom. The number of nitrogen functional groups attached to an aromatic ring is 1. The van der Waals surface area contributed by atoms with Gasteiger partial charge in [-0.3, -0.25) is 4.90 Å². The number of aromatic hydroxyl groups is 1. The molecule has 0 amide bonds. The maximum Gasteiger partial charge on any atom is 0.138 e. The topological polar surface area (TPSA) is 49.5 Å². The molecule has 94 valence electrons. The minimum absolute atomic E-state index is 0.178. The molecule has 3 N–H and O–H groups in total. The SMILES string of the molecule is CCN(Cc1ccc(O)c(N)c1)C1CCCC1. The van der Waals surface area contributed by atoms with Gasteiger partial charge in [0, 0.05) is 12.6 Å². The molecular weight excluding hydrogens is 212 g/mol. The first-order valence-electron chi connectivity index (χ1n) is 6.52. The van der Waals surface area contributed by atoms with Gasteiger partial charge in [-0.25, -0.2) is 0 Å². The fraction of sp³-hybridized carbons (Fsp3) is 0.571. The van der Waals surface area contributed by atoms with E-state index in [1.165, 1.54) is 31.2 Å². The molecule has 0 atom stereocenters. The first-order valence-corrected chi connectivity index (χ1v) is 6.52. The van der Waals surface area contributed by atoms with Crippen LogP contribution in [0.1, 0.15) is 38.2 Å². The van der Waals surface area contributed by atoms with Crippen molar-refractivity contribution in [3.8, 4) is 5.75 Å². The third-order valence-electron chi connectivity index (χ3n) is 3.72. The van der Waals surface area contributed by atoms with Gasteiger partial charge in [-0.15, -0.1) is 0 Å². The fourth-order valence-electron chi connectivity index (χ4n) is 2.71. The van der Waals surface area contributed by atoms with Crippen molar-refractivity contribution in [2.24, 2.45) is 0 Å². The van der Waals surface area contributed by atoms with E-state index in [0.717, 1.165) is 19.1 Å². The number of hydrogen-bond acceptors (Lipinski definition) is 3. The molecule has 1 saturated carbocycles. The van der Waals surface area contributed by atoms with Crippen molar-refractivity contribution in [2.75, 3.05) is 12.3 Å². The summed E-state index contributed by atoms with van der Waals surface area (Å²) in [5.74, 6) is 0.178. The minimum Gasteiger partial charge on any atom is -0.506 e. The van der Waals surface area contributed by atoms with E-state index in [-0.39, 0.29) is 5.75 Å². The van der Waals surface area contributed by atoms with E-state index in [0.29, 0.717) is 5.69 Å². The largest absolute Gasteiger partial charge is 0.506 e. The number of anilines is 1. The van der Waals surface area contributed by atoms with Crippen molar-refractivity contribution >= 4 is 5.69 Å². The van der Waals surface area contributed by atoms with Crippen LogP contribution in [-0.4, -0.2) is 22.6 Å². The predicted octanol–water partition coefficient (Wildman–Crippen LogP) is 2.74. The van der Waals surface area contributed by atoms with Crippen LogP contribution in [0.4, 0.5) is 5.69 Å².